The van der Waals surface area contributed by atoms with Crippen LogP contribution in [0, 0.1) is 11.8 Å². The number of carbonyl (C=O) groups is 2. The summed E-state index contributed by atoms with van der Waals surface area (Å²) in [4.78, 5) is 27.1. The number of nitrogens with one attached hydrogen (secondary N) is 1. The van der Waals surface area contributed by atoms with Crippen molar-refractivity contribution in [1.82, 2.24) is 0 Å². The van der Waals surface area contributed by atoms with Gasteiger partial charge in [0.2, 0.25) is 11.8 Å². The average Bonchev–Trinajstić information content (AvgIpc) is 3.30. The van der Waals surface area contributed by atoms with Crippen LogP contribution in [0.25, 0.3) is 0 Å². The number of carbonyl (C=O) groups excluding carboxylic acids is 2. The second-order valence-corrected chi connectivity index (χ2v) is 6.90. The summed E-state index contributed by atoms with van der Waals surface area (Å²) in [6.45, 7) is 0. The molecule has 3 aliphatic heterocycles. The third-order valence-corrected chi connectivity index (χ3v) is 5.45. The molecule has 1 N–H and O–H groups in total. The van der Waals surface area contributed by atoms with Crippen molar-refractivity contribution in [2.24, 2.45) is 11.8 Å². The fourth-order valence-electron chi connectivity index (χ4n) is 4.38. The smallest absolute Gasteiger partial charge is 0.240 e. The van der Waals surface area contributed by atoms with Gasteiger partial charge >= 0.3 is 0 Å². The van der Waals surface area contributed by atoms with Crippen molar-refractivity contribution in [2.75, 3.05) is 10.2 Å². The largest absolute Gasteiger partial charge is 0.373 e. The van der Waals surface area contributed by atoms with Crippen LogP contribution in [0.2, 0.25) is 0 Å². The molecule has 2 amide bonds. The second kappa shape index (κ2) is 5.43. The van der Waals surface area contributed by atoms with E-state index in [1.807, 2.05) is 54.6 Å². The van der Waals surface area contributed by atoms with Crippen LogP contribution in [0.15, 0.2) is 54.6 Å². The lowest BCUT2D eigenvalue weighted by atomic mass is 9.81. The quantitative estimate of drug-likeness (QED) is 0.876. The number of para-hydroxylation sites is 1. The van der Waals surface area contributed by atoms with Gasteiger partial charge in [0.15, 0.2) is 0 Å². The molecular weight excluding hydrogens is 316 g/mol. The number of hydrogen-bond donors (Lipinski definition) is 1. The molecule has 4 atom stereocenters. The lowest BCUT2D eigenvalue weighted by Crippen LogP contribution is -2.34. The van der Waals surface area contributed by atoms with E-state index in [1.165, 1.54) is 4.90 Å². The predicted molar refractivity (Wildman–Crippen MR) is 93.5 cm³/mol. The molecule has 2 aromatic carbocycles. The van der Waals surface area contributed by atoms with Gasteiger partial charge in [-0.15, -0.1) is 0 Å². The van der Waals surface area contributed by atoms with Gasteiger partial charge in [-0.25, -0.2) is 4.90 Å². The first-order valence-corrected chi connectivity index (χ1v) is 8.68. The van der Waals surface area contributed by atoms with Crippen LogP contribution in [0.1, 0.15) is 12.8 Å². The zero-order valence-electron chi connectivity index (χ0n) is 13.6. The molecule has 2 aromatic rings. The molecule has 0 aliphatic carbocycles. The van der Waals surface area contributed by atoms with E-state index in [0.717, 1.165) is 24.2 Å². The van der Waals surface area contributed by atoms with Gasteiger partial charge in [0, 0.05) is 11.4 Å². The Labute approximate surface area is 145 Å². The highest BCUT2D eigenvalue weighted by Gasteiger charge is 2.62. The number of nitrogens with zero attached hydrogens (tertiary/aromatic N) is 1. The van der Waals surface area contributed by atoms with Gasteiger partial charge in [-0.05, 0) is 43.2 Å². The standard InChI is InChI=1S/C20H18N2O3/c23-19-17-15-9-10-16(25-15)18(17)20(24)22(19)14-8-4-7-13(11-14)21-12-5-2-1-3-6-12/h1-8,11,15-18,21H,9-10H2/t15-,16-,17-,18-/m1/s1. The van der Waals surface area contributed by atoms with Gasteiger partial charge in [0.05, 0.1) is 29.7 Å². The number of fused-ring (bicyclic) bond motifs is 5. The highest BCUT2D eigenvalue weighted by atomic mass is 16.5. The minimum absolute atomic E-state index is 0.0814. The topological polar surface area (TPSA) is 58.6 Å². The highest BCUT2D eigenvalue weighted by molar-refractivity contribution is 6.23. The van der Waals surface area contributed by atoms with Gasteiger partial charge in [-0.2, -0.15) is 0 Å². The van der Waals surface area contributed by atoms with Gasteiger partial charge < -0.3 is 10.1 Å². The van der Waals surface area contributed by atoms with Gasteiger partial charge in [0.25, 0.3) is 0 Å². The SMILES string of the molecule is O=C1[C@H]2[C@H](C(=O)N1c1cccc(Nc3ccccc3)c1)[C@H]1CC[C@H]2O1. The van der Waals surface area contributed by atoms with E-state index in [2.05, 4.69) is 5.32 Å². The van der Waals surface area contributed by atoms with Crippen molar-refractivity contribution in [2.45, 2.75) is 25.0 Å². The van der Waals surface area contributed by atoms with Crippen molar-refractivity contribution < 1.29 is 14.3 Å². The normalized spacial score (nSPS) is 30.0. The molecule has 0 aromatic heterocycles. The van der Waals surface area contributed by atoms with E-state index >= 15 is 0 Å². The average molecular weight is 334 g/mol. The minimum Gasteiger partial charge on any atom is -0.373 e. The van der Waals surface area contributed by atoms with Crippen molar-refractivity contribution in [3.05, 3.63) is 54.6 Å². The molecule has 3 saturated heterocycles. The zero-order valence-corrected chi connectivity index (χ0v) is 13.6. The summed E-state index contributed by atoms with van der Waals surface area (Å²) < 4.78 is 5.79. The molecule has 5 rings (SSSR count). The van der Waals surface area contributed by atoms with E-state index in [1.54, 1.807) is 0 Å². The molecule has 3 fully saturated rings. The second-order valence-electron chi connectivity index (χ2n) is 6.90. The lowest BCUT2D eigenvalue weighted by Gasteiger charge is -2.18. The molecule has 0 spiro atoms. The molecule has 3 heterocycles. The number of rotatable bonds is 3. The monoisotopic (exact) mass is 334 g/mol. The van der Waals surface area contributed by atoms with Crippen LogP contribution >= 0.6 is 0 Å². The molecule has 5 nitrogen and oxygen atoms in total. The third-order valence-electron chi connectivity index (χ3n) is 5.45. The van der Waals surface area contributed by atoms with Gasteiger partial charge in [-0.3, -0.25) is 9.59 Å². The number of amides is 2. The third kappa shape index (κ3) is 2.19. The summed E-state index contributed by atoms with van der Waals surface area (Å²) in [7, 11) is 0. The van der Waals surface area contributed by atoms with Crippen LogP contribution in [-0.4, -0.2) is 24.0 Å². The molecular formula is C20H18N2O3. The number of hydrogen-bond acceptors (Lipinski definition) is 4. The Hall–Kier alpha value is -2.66. The maximum atomic E-state index is 12.9. The number of benzene rings is 2. The molecule has 25 heavy (non-hydrogen) atoms. The van der Waals surface area contributed by atoms with E-state index in [0.29, 0.717) is 5.69 Å². The molecule has 3 aliphatic rings. The summed E-state index contributed by atoms with van der Waals surface area (Å²) in [6.07, 6.45) is 1.60. The van der Waals surface area contributed by atoms with E-state index in [-0.39, 0.29) is 35.9 Å². The molecule has 0 unspecified atom stereocenters. The van der Waals surface area contributed by atoms with Crippen LogP contribution in [0.5, 0.6) is 0 Å². The number of ether oxygens (including phenoxy) is 1. The molecule has 0 radical (unpaired) electrons. The summed E-state index contributed by atoms with van der Waals surface area (Å²) in [5.74, 6) is -0.813. The van der Waals surface area contributed by atoms with Crippen LogP contribution in [0.3, 0.4) is 0 Å². The fraction of sp³-hybridized carbons (Fsp3) is 0.300. The summed E-state index contributed by atoms with van der Waals surface area (Å²) in [5, 5.41) is 3.30. The first-order chi connectivity index (χ1) is 12.2. The molecule has 5 heteroatoms. The summed E-state index contributed by atoms with van der Waals surface area (Å²) in [5.41, 5.74) is 2.44. The Bertz CT molecular complexity index is 823. The van der Waals surface area contributed by atoms with Gasteiger partial charge in [-0.1, -0.05) is 24.3 Å². The predicted octanol–water partition coefficient (Wildman–Crippen LogP) is 3.10. The zero-order chi connectivity index (χ0) is 17.0. The first-order valence-electron chi connectivity index (χ1n) is 8.68. The molecule has 0 saturated carbocycles. The van der Waals surface area contributed by atoms with Crippen molar-refractivity contribution in [3.8, 4) is 0 Å². The number of anilines is 3. The Morgan fingerprint density at radius 1 is 0.840 bits per heavy atom. The maximum absolute atomic E-state index is 12.9. The van der Waals surface area contributed by atoms with Crippen molar-refractivity contribution >= 4 is 28.9 Å². The molecule has 126 valence electrons. The van der Waals surface area contributed by atoms with E-state index in [4.69, 9.17) is 4.74 Å². The fourth-order valence-corrected chi connectivity index (χ4v) is 4.38. The van der Waals surface area contributed by atoms with Crippen LogP contribution in [0.4, 0.5) is 17.1 Å². The highest BCUT2D eigenvalue weighted by Crippen LogP contribution is 2.49. The lowest BCUT2D eigenvalue weighted by molar-refractivity contribution is -0.124. The Balaban J connectivity index is 1.45. The van der Waals surface area contributed by atoms with Gasteiger partial charge in [0.1, 0.15) is 0 Å². The Morgan fingerprint density at radius 2 is 1.48 bits per heavy atom. The van der Waals surface area contributed by atoms with Crippen molar-refractivity contribution in [3.63, 3.8) is 0 Å². The summed E-state index contributed by atoms with van der Waals surface area (Å²) in [6, 6.07) is 17.3. The van der Waals surface area contributed by atoms with E-state index in [9.17, 15) is 9.59 Å². The van der Waals surface area contributed by atoms with Crippen LogP contribution < -0.4 is 10.2 Å². The Morgan fingerprint density at radius 3 is 2.16 bits per heavy atom. The summed E-state index contributed by atoms with van der Waals surface area (Å²) >= 11 is 0. The van der Waals surface area contributed by atoms with E-state index < -0.39 is 0 Å². The minimum atomic E-state index is -0.294. The van der Waals surface area contributed by atoms with Crippen LogP contribution in [-0.2, 0) is 14.3 Å². The molecule has 2 bridgehead atoms. The Kier molecular flexibility index (Phi) is 3.18. The maximum Gasteiger partial charge on any atom is 0.240 e. The van der Waals surface area contributed by atoms with Crippen molar-refractivity contribution in [1.29, 1.82) is 0 Å². The number of imide groups is 1. The first kappa shape index (κ1) is 14.7.